The molecule has 16 heavy (non-hydrogen) atoms. The molecule has 0 aliphatic rings. The van der Waals surface area contributed by atoms with Crippen molar-refractivity contribution in [2.24, 2.45) is 12.8 Å². The van der Waals surface area contributed by atoms with Crippen LogP contribution in [0.4, 0.5) is 0 Å². The van der Waals surface area contributed by atoms with Gasteiger partial charge >= 0.3 is 0 Å². The number of rotatable bonds is 5. The van der Waals surface area contributed by atoms with E-state index >= 15 is 0 Å². The second-order valence-electron chi connectivity index (χ2n) is 3.72. The minimum Gasteiger partial charge on any atom is -0.394 e. The number of aliphatic hydroxyl groups is 1. The number of hydrogen-bond acceptors (Lipinski definition) is 4. The molecule has 0 aliphatic carbocycles. The number of aliphatic hydroxyl groups excluding tert-OH is 1. The van der Waals surface area contributed by atoms with E-state index in [1.165, 1.54) is 0 Å². The third kappa shape index (κ3) is 3.04. The first kappa shape index (κ1) is 12.7. The molecule has 0 aromatic carbocycles. The molecule has 1 heterocycles. The number of amides is 1. The monoisotopic (exact) mass is 226 g/mol. The van der Waals surface area contributed by atoms with E-state index in [-0.39, 0.29) is 18.6 Å². The number of carbonyl (C=O) groups excluding carboxylic acids is 1. The van der Waals surface area contributed by atoms with Crippen LogP contribution >= 0.6 is 0 Å². The van der Waals surface area contributed by atoms with Gasteiger partial charge in [-0.1, -0.05) is 6.92 Å². The van der Waals surface area contributed by atoms with Crippen LogP contribution in [0.3, 0.4) is 0 Å². The van der Waals surface area contributed by atoms with Crippen molar-refractivity contribution in [1.82, 2.24) is 15.1 Å². The number of carbonyl (C=O) groups is 1. The average Bonchev–Trinajstić information content (AvgIpc) is 2.71. The lowest BCUT2D eigenvalue weighted by molar-refractivity contribution is -0.123. The number of hydrogen-bond donors (Lipinski definition) is 3. The van der Waals surface area contributed by atoms with Gasteiger partial charge in [0, 0.05) is 18.8 Å². The summed E-state index contributed by atoms with van der Waals surface area (Å²) in [6.45, 7) is 1.80. The van der Waals surface area contributed by atoms with E-state index in [0.29, 0.717) is 12.0 Å². The van der Waals surface area contributed by atoms with Gasteiger partial charge in [-0.15, -0.1) is 0 Å². The van der Waals surface area contributed by atoms with Gasteiger partial charge < -0.3 is 16.2 Å². The van der Waals surface area contributed by atoms with Crippen molar-refractivity contribution in [2.45, 2.75) is 25.4 Å². The Bertz CT molecular complexity index is 346. The Labute approximate surface area is 94.4 Å². The van der Waals surface area contributed by atoms with Crippen LogP contribution in [0.1, 0.15) is 24.9 Å². The molecule has 0 bridgehead atoms. The molecule has 1 amide bonds. The van der Waals surface area contributed by atoms with E-state index in [1.54, 1.807) is 24.1 Å². The van der Waals surface area contributed by atoms with E-state index in [4.69, 9.17) is 10.8 Å². The van der Waals surface area contributed by atoms with Crippen molar-refractivity contribution in [3.05, 3.63) is 18.0 Å². The standard InChI is InChI=1S/C10H18N4O2/c1-3-8(6-15)13-10(16)9(11)7-4-12-14(2)5-7/h4-5,8-9,15H,3,6,11H2,1-2H3,(H,13,16)/t8-,9?/m0/s1. The summed E-state index contributed by atoms with van der Waals surface area (Å²) in [5, 5.41) is 15.6. The van der Waals surface area contributed by atoms with Gasteiger partial charge in [-0.25, -0.2) is 0 Å². The van der Waals surface area contributed by atoms with Crippen LogP contribution < -0.4 is 11.1 Å². The Morgan fingerprint density at radius 2 is 2.44 bits per heavy atom. The second-order valence-corrected chi connectivity index (χ2v) is 3.72. The molecule has 4 N–H and O–H groups in total. The smallest absolute Gasteiger partial charge is 0.241 e. The zero-order chi connectivity index (χ0) is 12.1. The fraction of sp³-hybridized carbons (Fsp3) is 0.600. The maximum absolute atomic E-state index is 11.7. The highest BCUT2D eigenvalue weighted by Gasteiger charge is 2.19. The molecule has 0 aliphatic heterocycles. The molecule has 0 spiro atoms. The average molecular weight is 226 g/mol. The van der Waals surface area contributed by atoms with Gasteiger partial charge in [-0.2, -0.15) is 5.10 Å². The van der Waals surface area contributed by atoms with Gasteiger partial charge in [-0.05, 0) is 6.42 Å². The van der Waals surface area contributed by atoms with Crippen LogP contribution in [-0.2, 0) is 11.8 Å². The van der Waals surface area contributed by atoms with Crippen LogP contribution in [0.15, 0.2) is 12.4 Å². The van der Waals surface area contributed by atoms with Gasteiger partial charge in [0.05, 0.1) is 18.8 Å². The first-order valence-electron chi connectivity index (χ1n) is 5.23. The van der Waals surface area contributed by atoms with Crippen LogP contribution in [0.25, 0.3) is 0 Å². The first-order valence-corrected chi connectivity index (χ1v) is 5.23. The lowest BCUT2D eigenvalue weighted by Crippen LogP contribution is -2.42. The van der Waals surface area contributed by atoms with Crippen molar-refractivity contribution >= 4 is 5.91 Å². The van der Waals surface area contributed by atoms with E-state index in [9.17, 15) is 4.79 Å². The molecule has 0 saturated heterocycles. The molecule has 1 aromatic heterocycles. The Balaban J connectivity index is 2.60. The zero-order valence-electron chi connectivity index (χ0n) is 9.55. The number of nitrogens with two attached hydrogens (primary N) is 1. The summed E-state index contributed by atoms with van der Waals surface area (Å²) in [5.74, 6) is -0.297. The molecule has 1 unspecified atom stereocenters. The molecule has 1 aromatic rings. The van der Waals surface area contributed by atoms with Gasteiger partial charge in [0.15, 0.2) is 0 Å². The minimum atomic E-state index is -0.741. The SMILES string of the molecule is CC[C@@H](CO)NC(=O)C(N)c1cnn(C)c1. The summed E-state index contributed by atoms with van der Waals surface area (Å²) < 4.78 is 1.59. The van der Waals surface area contributed by atoms with Crippen LogP contribution in [-0.4, -0.2) is 33.4 Å². The van der Waals surface area contributed by atoms with Crippen molar-refractivity contribution in [1.29, 1.82) is 0 Å². The second kappa shape index (κ2) is 5.62. The van der Waals surface area contributed by atoms with E-state index in [1.807, 2.05) is 6.92 Å². The fourth-order valence-corrected chi connectivity index (χ4v) is 1.32. The highest BCUT2D eigenvalue weighted by molar-refractivity contribution is 5.83. The fourth-order valence-electron chi connectivity index (χ4n) is 1.32. The normalized spacial score (nSPS) is 14.5. The van der Waals surface area contributed by atoms with Gasteiger partial charge in [0.2, 0.25) is 5.91 Å². The third-order valence-corrected chi connectivity index (χ3v) is 2.43. The molecular formula is C10H18N4O2. The first-order chi connectivity index (χ1) is 7.58. The summed E-state index contributed by atoms with van der Waals surface area (Å²) in [6.07, 6.45) is 3.93. The molecule has 0 fully saturated rings. The maximum atomic E-state index is 11.7. The highest BCUT2D eigenvalue weighted by atomic mass is 16.3. The predicted molar refractivity (Wildman–Crippen MR) is 59.4 cm³/mol. The Morgan fingerprint density at radius 1 is 1.75 bits per heavy atom. The summed E-state index contributed by atoms with van der Waals surface area (Å²) >= 11 is 0. The van der Waals surface area contributed by atoms with Gasteiger partial charge in [-0.3, -0.25) is 9.48 Å². The Hall–Kier alpha value is -1.40. The van der Waals surface area contributed by atoms with E-state index < -0.39 is 6.04 Å². The number of aryl methyl sites for hydroxylation is 1. The molecule has 0 radical (unpaired) electrons. The molecule has 0 saturated carbocycles. The molecule has 6 nitrogen and oxygen atoms in total. The van der Waals surface area contributed by atoms with Gasteiger partial charge in [0.25, 0.3) is 0 Å². The molecule has 6 heteroatoms. The Kier molecular flexibility index (Phi) is 4.45. The number of nitrogens with one attached hydrogen (secondary N) is 1. The Morgan fingerprint density at radius 3 is 2.88 bits per heavy atom. The third-order valence-electron chi connectivity index (χ3n) is 2.43. The zero-order valence-corrected chi connectivity index (χ0v) is 9.55. The predicted octanol–water partition coefficient (Wildman–Crippen LogP) is -0.693. The van der Waals surface area contributed by atoms with Crippen LogP contribution in [0.2, 0.25) is 0 Å². The maximum Gasteiger partial charge on any atom is 0.241 e. The number of aromatic nitrogens is 2. The van der Waals surface area contributed by atoms with Crippen molar-refractivity contribution in [3.63, 3.8) is 0 Å². The largest absolute Gasteiger partial charge is 0.394 e. The minimum absolute atomic E-state index is 0.0813. The van der Waals surface area contributed by atoms with E-state index in [0.717, 1.165) is 0 Å². The summed E-state index contributed by atoms with van der Waals surface area (Å²) in [7, 11) is 1.76. The molecule has 90 valence electrons. The topological polar surface area (TPSA) is 93.2 Å². The lowest BCUT2D eigenvalue weighted by Gasteiger charge is -2.16. The summed E-state index contributed by atoms with van der Waals surface area (Å²) in [5.41, 5.74) is 6.42. The summed E-state index contributed by atoms with van der Waals surface area (Å²) in [6, 6.07) is -0.982. The van der Waals surface area contributed by atoms with Crippen molar-refractivity contribution in [3.8, 4) is 0 Å². The van der Waals surface area contributed by atoms with Crippen LogP contribution in [0, 0.1) is 0 Å². The van der Waals surface area contributed by atoms with Crippen LogP contribution in [0.5, 0.6) is 0 Å². The van der Waals surface area contributed by atoms with E-state index in [2.05, 4.69) is 10.4 Å². The quantitative estimate of drug-likeness (QED) is 0.619. The number of nitrogens with zero attached hydrogens (tertiary/aromatic N) is 2. The molecule has 1 rings (SSSR count). The van der Waals surface area contributed by atoms with Crippen molar-refractivity contribution < 1.29 is 9.90 Å². The summed E-state index contributed by atoms with van der Waals surface area (Å²) in [4.78, 5) is 11.7. The molecule has 2 atom stereocenters. The lowest BCUT2D eigenvalue weighted by atomic mass is 10.1. The molecular weight excluding hydrogens is 208 g/mol. The van der Waals surface area contributed by atoms with Gasteiger partial charge in [0.1, 0.15) is 6.04 Å². The highest BCUT2D eigenvalue weighted by Crippen LogP contribution is 2.08. The van der Waals surface area contributed by atoms with Crippen molar-refractivity contribution in [2.75, 3.05) is 6.61 Å².